The van der Waals surface area contributed by atoms with E-state index in [1.165, 1.54) is 19.1 Å². The summed E-state index contributed by atoms with van der Waals surface area (Å²) in [6, 6.07) is 8.04. The fourth-order valence-electron chi connectivity index (χ4n) is 1.50. The van der Waals surface area contributed by atoms with Crippen LogP contribution in [0, 0.1) is 34.4 Å². The molecule has 0 aliphatic rings. The average Bonchev–Trinajstić information content (AvgIpc) is 2.30. The molecule has 0 saturated heterocycles. The number of hydrogen-bond donors (Lipinski definition) is 1. The van der Waals surface area contributed by atoms with Crippen LogP contribution in [0.25, 0.3) is 0 Å². The van der Waals surface area contributed by atoms with E-state index in [1.807, 2.05) is 0 Å². The van der Waals surface area contributed by atoms with Gasteiger partial charge in [0, 0.05) is 0 Å². The molecule has 5 heteroatoms. The van der Waals surface area contributed by atoms with Crippen LogP contribution in [0.15, 0.2) is 24.3 Å². The second-order valence-electron chi connectivity index (χ2n) is 3.71. The van der Waals surface area contributed by atoms with E-state index in [4.69, 9.17) is 10.5 Å². The Bertz CT molecular complexity index is 499. The zero-order valence-electron chi connectivity index (χ0n) is 9.01. The van der Waals surface area contributed by atoms with E-state index >= 15 is 0 Å². The van der Waals surface area contributed by atoms with Crippen LogP contribution >= 0.6 is 0 Å². The monoisotopic (exact) mass is 232 g/mol. The standard InChI is InChI=1S/C12H9FN2O2/c1-12(11(16)17,9(6-14)7-15)8-2-4-10(13)5-3-8/h2-5,9H,1H3,(H,16,17). The van der Waals surface area contributed by atoms with E-state index in [-0.39, 0.29) is 5.56 Å². The predicted octanol–water partition coefficient (Wildman–Crippen LogP) is 1.83. The van der Waals surface area contributed by atoms with E-state index in [2.05, 4.69) is 0 Å². The van der Waals surface area contributed by atoms with Gasteiger partial charge in [0.15, 0.2) is 5.92 Å². The van der Waals surface area contributed by atoms with Gasteiger partial charge in [-0.25, -0.2) is 4.39 Å². The lowest BCUT2D eigenvalue weighted by Crippen LogP contribution is -2.39. The Morgan fingerprint density at radius 3 is 2.18 bits per heavy atom. The number of carboxylic acids is 1. The molecule has 0 aliphatic heterocycles. The molecule has 1 N–H and O–H groups in total. The highest BCUT2D eigenvalue weighted by Crippen LogP contribution is 2.32. The largest absolute Gasteiger partial charge is 0.481 e. The molecule has 4 nitrogen and oxygen atoms in total. The molecular weight excluding hydrogens is 223 g/mol. The Labute approximate surface area is 97.5 Å². The first kappa shape index (κ1) is 12.7. The number of nitrogens with zero attached hydrogens (tertiary/aromatic N) is 2. The highest BCUT2D eigenvalue weighted by molar-refractivity contribution is 5.82. The number of halogens is 1. The number of rotatable bonds is 3. The van der Waals surface area contributed by atoms with Crippen molar-refractivity contribution < 1.29 is 14.3 Å². The van der Waals surface area contributed by atoms with Crippen molar-refractivity contribution >= 4 is 5.97 Å². The maximum absolute atomic E-state index is 12.8. The van der Waals surface area contributed by atoms with Gasteiger partial charge in [-0.3, -0.25) is 4.79 Å². The molecule has 1 aromatic carbocycles. The quantitative estimate of drug-likeness (QED) is 0.861. The molecular formula is C12H9FN2O2. The highest BCUT2D eigenvalue weighted by Gasteiger charge is 2.44. The van der Waals surface area contributed by atoms with Gasteiger partial charge < -0.3 is 5.11 Å². The minimum Gasteiger partial charge on any atom is -0.481 e. The predicted molar refractivity (Wildman–Crippen MR) is 56.1 cm³/mol. The lowest BCUT2D eigenvalue weighted by Gasteiger charge is -2.25. The van der Waals surface area contributed by atoms with Crippen LogP contribution in [-0.4, -0.2) is 11.1 Å². The second kappa shape index (κ2) is 4.63. The number of aliphatic carboxylic acids is 1. The topological polar surface area (TPSA) is 84.9 Å². The molecule has 1 aromatic rings. The van der Waals surface area contributed by atoms with Crippen LogP contribution in [0.2, 0.25) is 0 Å². The molecule has 0 spiro atoms. The van der Waals surface area contributed by atoms with Crippen molar-refractivity contribution in [3.63, 3.8) is 0 Å². The lowest BCUT2D eigenvalue weighted by molar-refractivity contribution is -0.144. The summed E-state index contributed by atoms with van der Waals surface area (Å²) >= 11 is 0. The van der Waals surface area contributed by atoms with E-state index in [9.17, 15) is 14.3 Å². The van der Waals surface area contributed by atoms with Crippen molar-refractivity contribution in [2.45, 2.75) is 12.3 Å². The fraction of sp³-hybridized carbons (Fsp3) is 0.250. The zero-order chi connectivity index (χ0) is 13.1. The van der Waals surface area contributed by atoms with Gasteiger partial charge in [0.25, 0.3) is 0 Å². The van der Waals surface area contributed by atoms with Gasteiger partial charge in [0.05, 0.1) is 12.1 Å². The summed E-state index contributed by atoms with van der Waals surface area (Å²) in [5.74, 6) is -3.14. The molecule has 1 rings (SSSR count). The van der Waals surface area contributed by atoms with E-state index in [0.29, 0.717) is 0 Å². The Balaban J connectivity index is 3.37. The first-order valence-corrected chi connectivity index (χ1v) is 4.75. The minimum absolute atomic E-state index is 0.222. The average molecular weight is 232 g/mol. The van der Waals surface area contributed by atoms with E-state index in [1.54, 1.807) is 12.1 Å². The summed E-state index contributed by atoms with van der Waals surface area (Å²) in [6.45, 7) is 1.28. The lowest BCUT2D eigenvalue weighted by atomic mass is 9.73. The maximum Gasteiger partial charge on any atom is 0.316 e. The van der Waals surface area contributed by atoms with Crippen molar-refractivity contribution in [3.8, 4) is 12.1 Å². The number of carbonyl (C=O) groups is 1. The van der Waals surface area contributed by atoms with Gasteiger partial charge in [0.1, 0.15) is 11.2 Å². The zero-order valence-corrected chi connectivity index (χ0v) is 9.01. The molecule has 0 amide bonds. The molecule has 0 fully saturated rings. The van der Waals surface area contributed by atoms with Crippen molar-refractivity contribution in [2.24, 2.45) is 5.92 Å². The molecule has 0 heterocycles. The van der Waals surface area contributed by atoms with Crippen LogP contribution in [0.3, 0.4) is 0 Å². The molecule has 1 atom stereocenters. The third-order valence-corrected chi connectivity index (χ3v) is 2.72. The third-order valence-electron chi connectivity index (χ3n) is 2.72. The van der Waals surface area contributed by atoms with Gasteiger partial charge in [-0.15, -0.1) is 0 Å². The summed E-state index contributed by atoms with van der Waals surface area (Å²) in [4.78, 5) is 11.3. The molecule has 0 aromatic heterocycles. The van der Waals surface area contributed by atoms with Crippen molar-refractivity contribution in [3.05, 3.63) is 35.6 Å². The normalized spacial score (nSPS) is 13.5. The van der Waals surface area contributed by atoms with Crippen molar-refractivity contribution in [1.82, 2.24) is 0 Å². The van der Waals surface area contributed by atoms with Gasteiger partial charge in [-0.1, -0.05) is 12.1 Å². The van der Waals surface area contributed by atoms with Crippen molar-refractivity contribution in [2.75, 3.05) is 0 Å². The molecule has 0 saturated carbocycles. The van der Waals surface area contributed by atoms with E-state index < -0.39 is 23.1 Å². The van der Waals surface area contributed by atoms with E-state index in [0.717, 1.165) is 12.1 Å². The smallest absolute Gasteiger partial charge is 0.316 e. The summed E-state index contributed by atoms with van der Waals surface area (Å²) < 4.78 is 12.8. The molecule has 86 valence electrons. The number of benzene rings is 1. The highest BCUT2D eigenvalue weighted by atomic mass is 19.1. The van der Waals surface area contributed by atoms with Gasteiger partial charge in [-0.2, -0.15) is 10.5 Å². The Kier molecular flexibility index (Phi) is 3.45. The van der Waals surface area contributed by atoms with Crippen LogP contribution in [0.4, 0.5) is 4.39 Å². The molecule has 0 bridgehead atoms. The molecule has 1 unspecified atom stereocenters. The first-order valence-electron chi connectivity index (χ1n) is 4.75. The summed E-state index contributed by atoms with van der Waals surface area (Å²) in [7, 11) is 0. The molecule has 17 heavy (non-hydrogen) atoms. The van der Waals surface area contributed by atoms with Gasteiger partial charge >= 0.3 is 5.97 Å². The van der Waals surface area contributed by atoms with Crippen LogP contribution in [0.5, 0.6) is 0 Å². The summed E-state index contributed by atoms with van der Waals surface area (Å²) in [6.07, 6.45) is 0. The van der Waals surface area contributed by atoms with Gasteiger partial charge in [0.2, 0.25) is 0 Å². The number of hydrogen-bond acceptors (Lipinski definition) is 3. The van der Waals surface area contributed by atoms with Crippen molar-refractivity contribution in [1.29, 1.82) is 10.5 Å². The number of nitriles is 2. The minimum atomic E-state index is -1.67. The Morgan fingerprint density at radius 1 is 1.35 bits per heavy atom. The first-order chi connectivity index (χ1) is 7.96. The number of carboxylic acid groups (broad SMARTS) is 1. The van der Waals surface area contributed by atoms with Crippen LogP contribution in [-0.2, 0) is 10.2 Å². The Hall–Kier alpha value is -2.40. The summed E-state index contributed by atoms with van der Waals surface area (Å²) in [5.41, 5.74) is -1.45. The molecule has 0 aliphatic carbocycles. The maximum atomic E-state index is 12.8. The second-order valence-corrected chi connectivity index (χ2v) is 3.71. The van der Waals surface area contributed by atoms with Crippen LogP contribution < -0.4 is 0 Å². The summed E-state index contributed by atoms with van der Waals surface area (Å²) in [5, 5.41) is 26.8. The van der Waals surface area contributed by atoms with Gasteiger partial charge in [-0.05, 0) is 24.6 Å². The molecule has 0 radical (unpaired) electrons. The SMILES string of the molecule is CC(C(=O)O)(c1ccc(F)cc1)C(C#N)C#N. The third kappa shape index (κ3) is 2.09. The Morgan fingerprint density at radius 2 is 1.82 bits per heavy atom. The van der Waals surface area contributed by atoms with Crippen LogP contribution in [0.1, 0.15) is 12.5 Å². The fourth-order valence-corrected chi connectivity index (χ4v) is 1.50.